The summed E-state index contributed by atoms with van der Waals surface area (Å²) in [6, 6.07) is 3.88. The SMILES string of the molecule is CCNC(=NCc1c(CC)nn(C)c1CC)NC1CCN(c2ccc(F)cc2F)C1. The van der Waals surface area contributed by atoms with E-state index in [9.17, 15) is 8.78 Å². The fraction of sp³-hybridized carbons (Fsp3) is 0.545. The van der Waals surface area contributed by atoms with Crippen LogP contribution in [0.3, 0.4) is 0 Å². The highest BCUT2D eigenvalue weighted by atomic mass is 19.1. The second-order valence-electron chi connectivity index (χ2n) is 7.57. The van der Waals surface area contributed by atoms with Gasteiger partial charge in [-0.25, -0.2) is 13.8 Å². The Kier molecular flexibility index (Phi) is 7.29. The van der Waals surface area contributed by atoms with Gasteiger partial charge in [0.2, 0.25) is 0 Å². The molecule has 6 nitrogen and oxygen atoms in total. The number of hydrogen-bond acceptors (Lipinski definition) is 3. The zero-order valence-corrected chi connectivity index (χ0v) is 18.3. The number of benzene rings is 1. The van der Waals surface area contributed by atoms with E-state index in [1.54, 1.807) is 0 Å². The Morgan fingerprint density at radius 2 is 2.03 bits per heavy atom. The molecule has 1 aliphatic rings. The summed E-state index contributed by atoms with van der Waals surface area (Å²) in [5.41, 5.74) is 3.94. The van der Waals surface area contributed by atoms with E-state index in [1.807, 2.05) is 23.6 Å². The van der Waals surface area contributed by atoms with Gasteiger partial charge in [0.1, 0.15) is 11.6 Å². The van der Waals surface area contributed by atoms with Crippen molar-refractivity contribution in [2.24, 2.45) is 12.0 Å². The monoisotopic (exact) mass is 418 g/mol. The highest BCUT2D eigenvalue weighted by molar-refractivity contribution is 5.80. The number of aromatic nitrogens is 2. The van der Waals surface area contributed by atoms with E-state index in [4.69, 9.17) is 4.99 Å². The number of nitrogens with one attached hydrogen (secondary N) is 2. The van der Waals surface area contributed by atoms with Gasteiger partial charge in [0.15, 0.2) is 5.96 Å². The van der Waals surface area contributed by atoms with Gasteiger partial charge in [0, 0.05) is 50.0 Å². The van der Waals surface area contributed by atoms with Crippen molar-refractivity contribution in [3.05, 3.63) is 46.8 Å². The number of anilines is 1. The minimum atomic E-state index is -0.556. The molecular weight excluding hydrogens is 386 g/mol. The van der Waals surface area contributed by atoms with E-state index in [1.165, 1.54) is 23.4 Å². The van der Waals surface area contributed by atoms with Gasteiger partial charge in [-0.2, -0.15) is 5.10 Å². The second kappa shape index (κ2) is 9.91. The Hall–Kier alpha value is -2.64. The standard InChI is InChI=1S/C22H32F2N6/c1-5-19-17(20(6-2)29(4)28-19)13-26-22(25-7-3)27-16-10-11-30(14-16)21-9-8-15(23)12-18(21)24/h8-9,12,16H,5-7,10-11,13-14H2,1-4H3,(H2,25,26,27). The van der Waals surface area contributed by atoms with E-state index >= 15 is 0 Å². The summed E-state index contributed by atoms with van der Waals surface area (Å²) in [5, 5.41) is 11.4. The summed E-state index contributed by atoms with van der Waals surface area (Å²) >= 11 is 0. The summed E-state index contributed by atoms with van der Waals surface area (Å²) in [4.78, 5) is 6.75. The Morgan fingerprint density at radius 1 is 1.23 bits per heavy atom. The number of guanidine groups is 1. The average molecular weight is 419 g/mol. The number of nitrogens with zero attached hydrogens (tertiary/aromatic N) is 4. The predicted molar refractivity (Wildman–Crippen MR) is 117 cm³/mol. The molecule has 30 heavy (non-hydrogen) atoms. The Bertz CT molecular complexity index is 892. The number of rotatable bonds is 7. The van der Waals surface area contributed by atoms with E-state index in [0.717, 1.165) is 43.5 Å². The fourth-order valence-electron chi connectivity index (χ4n) is 4.08. The zero-order valence-electron chi connectivity index (χ0n) is 18.3. The maximum atomic E-state index is 14.1. The van der Waals surface area contributed by atoms with Crippen molar-refractivity contribution in [1.82, 2.24) is 20.4 Å². The van der Waals surface area contributed by atoms with Crippen molar-refractivity contribution >= 4 is 11.6 Å². The normalized spacial score (nSPS) is 16.9. The number of hydrogen-bond donors (Lipinski definition) is 2. The van der Waals surface area contributed by atoms with Gasteiger partial charge in [-0.1, -0.05) is 13.8 Å². The molecule has 0 saturated carbocycles. The molecule has 1 unspecified atom stereocenters. The third-order valence-corrected chi connectivity index (χ3v) is 5.55. The van der Waals surface area contributed by atoms with E-state index in [-0.39, 0.29) is 6.04 Å². The molecular formula is C22H32F2N6. The lowest BCUT2D eigenvalue weighted by Gasteiger charge is -2.21. The molecule has 0 radical (unpaired) electrons. The molecule has 1 saturated heterocycles. The number of halogens is 2. The first-order chi connectivity index (χ1) is 14.5. The molecule has 1 aromatic carbocycles. The van der Waals surface area contributed by atoms with Crippen molar-refractivity contribution in [2.45, 2.75) is 52.6 Å². The highest BCUT2D eigenvalue weighted by Gasteiger charge is 2.25. The van der Waals surface area contributed by atoms with Crippen LogP contribution < -0.4 is 15.5 Å². The largest absolute Gasteiger partial charge is 0.367 e. The molecule has 1 fully saturated rings. The van der Waals surface area contributed by atoms with Crippen LogP contribution in [0.2, 0.25) is 0 Å². The van der Waals surface area contributed by atoms with Gasteiger partial charge < -0.3 is 15.5 Å². The van der Waals surface area contributed by atoms with Gasteiger partial charge >= 0.3 is 0 Å². The highest BCUT2D eigenvalue weighted by Crippen LogP contribution is 2.24. The molecule has 0 bridgehead atoms. The first-order valence-corrected chi connectivity index (χ1v) is 10.7. The minimum Gasteiger partial charge on any atom is -0.367 e. The molecule has 1 atom stereocenters. The van der Waals surface area contributed by atoms with Crippen LogP contribution in [0.15, 0.2) is 23.2 Å². The molecule has 2 N–H and O–H groups in total. The first-order valence-electron chi connectivity index (χ1n) is 10.7. The molecule has 2 aromatic rings. The lowest BCUT2D eigenvalue weighted by molar-refractivity contribution is 0.580. The van der Waals surface area contributed by atoms with E-state index in [2.05, 4.69) is 29.6 Å². The van der Waals surface area contributed by atoms with Crippen LogP contribution in [0.5, 0.6) is 0 Å². The maximum absolute atomic E-state index is 14.1. The van der Waals surface area contributed by atoms with Gasteiger partial charge in [-0.15, -0.1) is 0 Å². The summed E-state index contributed by atoms with van der Waals surface area (Å²) < 4.78 is 29.3. The summed E-state index contributed by atoms with van der Waals surface area (Å²) in [5.74, 6) is -0.330. The summed E-state index contributed by atoms with van der Waals surface area (Å²) in [6.45, 7) is 8.95. The lowest BCUT2D eigenvalue weighted by atomic mass is 10.1. The smallest absolute Gasteiger partial charge is 0.191 e. The van der Waals surface area contributed by atoms with Crippen LogP contribution in [0.25, 0.3) is 0 Å². The summed E-state index contributed by atoms with van der Waals surface area (Å²) in [6.07, 6.45) is 2.65. The molecule has 0 amide bonds. The molecule has 1 aromatic heterocycles. The third kappa shape index (κ3) is 4.91. The summed E-state index contributed by atoms with van der Waals surface area (Å²) in [7, 11) is 1.98. The molecule has 1 aliphatic heterocycles. The molecule has 0 aliphatic carbocycles. The van der Waals surface area contributed by atoms with Crippen molar-refractivity contribution < 1.29 is 8.78 Å². The van der Waals surface area contributed by atoms with Crippen molar-refractivity contribution in [3.63, 3.8) is 0 Å². The van der Waals surface area contributed by atoms with Crippen LogP contribution in [0.4, 0.5) is 14.5 Å². The van der Waals surface area contributed by atoms with Crippen molar-refractivity contribution in [1.29, 1.82) is 0 Å². The molecule has 8 heteroatoms. The quantitative estimate of drug-likeness (QED) is 0.536. The van der Waals surface area contributed by atoms with Crippen LogP contribution in [-0.4, -0.2) is 41.4 Å². The average Bonchev–Trinajstić information content (AvgIpc) is 3.29. The van der Waals surface area contributed by atoms with Crippen LogP contribution in [0.1, 0.15) is 44.1 Å². The number of aryl methyl sites for hydroxylation is 2. The Balaban J connectivity index is 1.69. The van der Waals surface area contributed by atoms with Crippen LogP contribution >= 0.6 is 0 Å². The van der Waals surface area contributed by atoms with E-state index in [0.29, 0.717) is 25.3 Å². The fourth-order valence-corrected chi connectivity index (χ4v) is 4.08. The van der Waals surface area contributed by atoms with Crippen LogP contribution in [0, 0.1) is 11.6 Å². The van der Waals surface area contributed by atoms with Crippen LogP contribution in [-0.2, 0) is 26.4 Å². The predicted octanol–water partition coefficient (Wildman–Crippen LogP) is 3.16. The second-order valence-corrected chi connectivity index (χ2v) is 7.57. The topological polar surface area (TPSA) is 57.5 Å². The minimum absolute atomic E-state index is 0.137. The molecule has 0 spiro atoms. The Morgan fingerprint density at radius 3 is 2.70 bits per heavy atom. The first kappa shape index (κ1) is 22.1. The molecule has 2 heterocycles. The van der Waals surface area contributed by atoms with Crippen molar-refractivity contribution in [3.8, 4) is 0 Å². The third-order valence-electron chi connectivity index (χ3n) is 5.55. The van der Waals surface area contributed by atoms with E-state index < -0.39 is 11.6 Å². The zero-order chi connectivity index (χ0) is 21.7. The Labute approximate surface area is 177 Å². The lowest BCUT2D eigenvalue weighted by Crippen LogP contribution is -2.44. The molecule has 164 valence electrons. The van der Waals surface area contributed by atoms with Gasteiger partial charge in [-0.05, 0) is 38.3 Å². The van der Waals surface area contributed by atoms with Gasteiger partial charge in [0.25, 0.3) is 0 Å². The van der Waals surface area contributed by atoms with Gasteiger partial charge in [0.05, 0.1) is 17.9 Å². The van der Waals surface area contributed by atoms with Crippen molar-refractivity contribution in [2.75, 3.05) is 24.5 Å². The maximum Gasteiger partial charge on any atom is 0.191 e. The molecule has 3 rings (SSSR count). The number of aliphatic imine (C=N–C) groups is 1. The van der Waals surface area contributed by atoms with Gasteiger partial charge in [-0.3, -0.25) is 4.68 Å².